The van der Waals surface area contributed by atoms with Gasteiger partial charge in [0.25, 0.3) is 0 Å². The molecule has 0 saturated heterocycles. The van der Waals surface area contributed by atoms with E-state index in [2.05, 4.69) is 38.2 Å². The van der Waals surface area contributed by atoms with Crippen molar-refractivity contribution in [1.82, 2.24) is 5.32 Å². The van der Waals surface area contributed by atoms with Gasteiger partial charge in [0.05, 0.1) is 0 Å². The zero-order valence-corrected chi connectivity index (χ0v) is 10.5. The number of hydrogen-bond donors (Lipinski definition) is 1. The Morgan fingerprint density at radius 2 is 1.80 bits per heavy atom. The molecule has 0 aliphatic carbocycles. The maximum atomic E-state index is 5.89. The van der Waals surface area contributed by atoms with Crippen LogP contribution in [0.15, 0.2) is 24.3 Å². The molecule has 1 rings (SSSR count). The number of nitrogens with one attached hydrogen (secondary N) is 1. The number of rotatable bonds is 5. The smallest absolute Gasteiger partial charge is 0.0406 e. The van der Waals surface area contributed by atoms with Gasteiger partial charge in [-0.15, -0.1) is 0 Å². The second-order valence-corrected chi connectivity index (χ2v) is 4.41. The monoisotopic (exact) mass is 225 g/mol. The molecule has 15 heavy (non-hydrogen) atoms. The summed E-state index contributed by atoms with van der Waals surface area (Å²) in [4.78, 5) is 0. The van der Waals surface area contributed by atoms with Crippen molar-refractivity contribution >= 4 is 11.6 Å². The first-order chi connectivity index (χ1) is 7.19. The molecule has 0 saturated carbocycles. The fourth-order valence-corrected chi connectivity index (χ4v) is 1.90. The van der Waals surface area contributed by atoms with Crippen molar-refractivity contribution in [3.05, 3.63) is 34.9 Å². The van der Waals surface area contributed by atoms with Crippen LogP contribution in [0.25, 0.3) is 0 Å². The van der Waals surface area contributed by atoms with Gasteiger partial charge in [0.2, 0.25) is 0 Å². The van der Waals surface area contributed by atoms with Crippen LogP contribution in [0, 0.1) is 5.92 Å². The minimum atomic E-state index is 0.442. The number of halogens is 1. The van der Waals surface area contributed by atoms with Crippen molar-refractivity contribution in [1.29, 1.82) is 0 Å². The Labute approximate surface area is 97.8 Å². The lowest BCUT2D eigenvalue weighted by Gasteiger charge is -2.24. The highest BCUT2D eigenvalue weighted by molar-refractivity contribution is 6.30. The highest BCUT2D eigenvalue weighted by Gasteiger charge is 2.16. The Morgan fingerprint density at radius 1 is 1.20 bits per heavy atom. The van der Waals surface area contributed by atoms with E-state index < -0.39 is 0 Å². The Kier molecular flexibility index (Phi) is 5.13. The van der Waals surface area contributed by atoms with E-state index in [4.69, 9.17) is 11.6 Å². The average molecular weight is 226 g/mol. The minimum absolute atomic E-state index is 0.442. The summed E-state index contributed by atoms with van der Waals surface area (Å²) in [6, 6.07) is 8.59. The van der Waals surface area contributed by atoms with Gasteiger partial charge in [-0.1, -0.05) is 50.9 Å². The van der Waals surface area contributed by atoms with E-state index in [1.165, 1.54) is 12.0 Å². The summed E-state index contributed by atoms with van der Waals surface area (Å²) in [7, 11) is 0. The van der Waals surface area contributed by atoms with Crippen molar-refractivity contribution in [2.45, 2.75) is 33.2 Å². The molecule has 0 radical (unpaired) electrons. The Bertz CT molecular complexity index is 281. The lowest BCUT2D eigenvalue weighted by molar-refractivity contribution is 0.384. The van der Waals surface area contributed by atoms with Gasteiger partial charge in [0, 0.05) is 11.1 Å². The topological polar surface area (TPSA) is 12.0 Å². The molecule has 1 N–H and O–H groups in total. The second-order valence-electron chi connectivity index (χ2n) is 3.97. The third-order valence-corrected chi connectivity index (χ3v) is 3.12. The lowest BCUT2D eigenvalue weighted by Crippen LogP contribution is -2.26. The van der Waals surface area contributed by atoms with Gasteiger partial charge in [0.1, 0.15) is 0 Å². The largest absolute Gasteiger partial charge is 0.310 e. The van der Waals surface area contributed by atoms with Gasteiger partial charge in [-0.3, -0.25) is 0 Å². The van der Waals surface area contributed by atoms with Crippen molar-refractivity contribution in [3.8, 4) is 0 Å². The predicted molar refractivity (Wildman–Crippen MR) is 67.3 cm³/mol. The van der Waals surface area contributed by atoms with Gasteiger partial charge >= 0.3 is 0 Å². The van der Waals surface area contributed by atoms with E-state index in [1.807, 2.05) is 12.1 Å². The van der Waals surface area contributed by atoms with Crippen LogP contribution in [0.1, 0.15) is 38.8 Å². The molecule has 0 amide bonds. The summed E-state index contributed by atoms with van der Waals surface area (Å²) in [6.45, 7) is 7.65. The molecular weight excluding hydrogens is 206 g/mol. The van der Waals surface area contributed by atoms with Crippen LogP contribution < -0.4 is 5.32 Å². The van der Waals surface area contributed by atoms with E-state index in [0.717, 1.165) is 11.6 Å². The predicted octanol–water partition coefficient (Wildman–Crippen LogP) is 4.04. The van der Waals surface area contributed by atoms with E-state index in [1.54, 1.807) is 0 Å². The first-order valence-corrected chi connectivity index (χ1v) is 6.05. The molecule has 1 nitrogen and oxygen atoms in total. The molecule has 0 fully saturated rings. The molecule has 2 heteroatoms. The highest BCUT2D eigenvalue weighted by atomic mass is 35.5. The highest BCUT2D eigenvalue weighted by Crippen LogP contribution is 2.25. The standard InChI is InChI=1S/C13H20ClN/c1-4-10(3)13(15-5-2)11-6-8-12(14)9-7-11/h6-10,13,15H,4-5H2,1-3H3. The van der Waals surface area contributed by atoms with Crippen molar-refractivity contribution < 1.29 is 0 Å². The van der Waals surface area contributed by atoms with Gasteiger partial charge in [-0.05, 0) is 30.2 Å². The average Bonchev–Trinajstić information content (AvgIpc) is 2.26. The molecule has 2 atom stereocenters. The molecule has 84 valence electrons. The third kappa shape index (κ3) is 3.51. The first kappa shape index (κ1) is 12.5. The number of hydrogen-bond acceptors (Lipinski definition) is 1. The van der Waals surface area contributed by atoms with Crippen LogP contribution in [-0.2, 0) is 0 Å². The van der Waals surface area contributed by atoms with Gasteiger partial charge < -0.3 is 5.32 Å². The quantitative estimate of drug-likeness (QED) is 0.798. The molecule has 0 aliphatic rings. The fraction of sp³-hybridized carbons (Fsp3) is 0.538. The van der Waals surface area contributed by atoms with Gasteiger partial charge in [-0.25, -0.2) is 0 Å². The molecule has 0 bridgehead atoms. The van der Waals surface area contributed by atoms with E-state index in [0.29, 0.717) is 12.0 Å². The molecule has 1 aromatic carbocycles. The van der Waals surface area contributed by atoms with Crippen LogP contribution >= 0.6 is 11.6 Å². The van der Waals surface area contributed by atoms with Crippen molar-refractivity contribution in [2.75, 3.05) is 6.54 Å². The lowest BCUT2D eigenvalue weighted by atomic mass is 9.92. The summed E-state index contributed by atoms with van der Waals surface area (Å²) in [5.41, 5.74) is 1.33. The molecule has 2 unspecified atom stereocenters. The maximum Gasteiger partial charge on any atom is 0.0406 e. The zero-order chi connectivity index (χ0) is 11.3. The van der Waals surface area contributed by atoms with E-state index in [9.17, 15) is 0 Å². The Balaban J connectivity index is 2.83. The zero-order valence-electron chi connectivity index (χ0n) is 9.76. The Hall–Kier alpha value is -0.530. The fourth-order valence-electron chi connectivity index (χ4n) is 1.77. The van der Waals surface area contributed by atoms with Gasteiger partial charge in [-0.2, -0.15) is 0 Å². The Morgan fingerprint density at radius 3 is 2.27 bits per heavy atom. The van der Waals surface area contributed by atoms with E-state index >= 15 is 0 Å². The van der Waals surface area contributed by atoms with Crippen molar-refractivity contribution in [3.63, 3.8) is 0 Å². The van der Waals surface area contributed by atoms with Crippen LogP contribution in [0.5, 0.6) is 0 Å². The molecule has 0 aromatic heterocycles. The summed E-state index contributed by atoms with van der Waals surface area (Å²) in [6.07, 6.45) is 1.18. The summed E-state index contributed by atoms with van der Waals surface area (Å²) in [5, 5.41) is 4.33. The van der Waals surface area contributed by atoms with Crippen LogP contribution in [-0.4, -0.2) is 6.54 Å². The van der Waals surface area contributed by atoms with Crippen LogP contribution in [0.4, 0.5) is 0 Å². The third-order valence-electron chi connectivity index (χ3n) is 2.87. The second kappa shape index (κ2) is 6.14. The molecule has 0 heterocycles. The SMILES string of the molecule is CCNC(c1ccc(Cl)cc1)C(C)CC. The van der Waals surface area contributed by atoms with Crippen LogP contribution in [0.2, 0.25) is 5.02 Å². The summed E-state index contributed by atoms with van der Waals surface area (Å²) in [5.74, 6) is 0.645. The summed E-state index contributed by atoms with van der Waals surface area (Å²) >= 11 is 5.89. The maximum absolute atomic E-state index is 5.89. The van der Waals surface area contributed by atoms with E-state index in [-0.39, 0.29) is 0 Å². The number of benzene rings is 1. The van der Waals surface area contributed by atoms with Gasteiger partial charge in [0.15, 0.2) is 0 Å². The van der Waals surface area contributed by atoms with Crippen LogP contribution in [0.3, 0.4) is 0 Å². The molecule has 1 aromatic rings. The first-order valence-electron chi connectivity index (χ1n) is 5.67. The minimum Gasteiger partial charge on any atom is -0.310 e. The molecule has 0 spiro atoms. The van der Waals surface area contributed by atoms with Crippen molar-refractivity contribution in [2.24, 2.45) is 5.92 Å². The normalized spacial score (nSPS) is 14.9. The molecular formula is C13H20ClN. The summed E-state index contributed by atoms with van der Waals surface area (Å²) < 4.78 is 0. The molecule has 0 aliphatic heterocycles.